The van der Waals surface area contributed by atoms with Crippen LogP contribution in [0.2, 0.25) is 0 Å². The van der Waals surface area contributed by atoms with Crippen LogP contribution in [0.5, 0.6) is 0 Å². The molecular formula is C14H23N3OS. The number of amides is 1. The van der Waals surface area contributed by atoms with Crippen LogP contribution in [0.4, 0.5) is 0 Å². The maximum atomic E-state index is 12.1. The monoisotopic (exact) mass is 281 g/mol. The van der Waals surface area contributed by atoms with Crippen molar-refractivity contribution in [1.82, 2.24) is 14.7 Å². The van der Waals surface area contributed by atoms with Crippen molar-refractivity contribution in [1.29, 1.82) is 0 Å². The topological polar surface area (TPSA) is 26.8 Å². The molecule has 0 N–H and O–H groups in total. The minimum absolute atomic E-state index is 0.273. The molecule has 2 heterocycles. The number of rotatable bonds is 5. The SMILES string of the molecule is CN(C)CCN1CCN(C(=O)Cc2cccs2)CC1. The van der Waals surface area contributed by atoms with Crippen LogP contribution in [0.1, 0.15) is 4.88 Å². The summed E-state index contributed by atoms with van der Waals surface area (Å²) in [6.07, 6.45) is 0.565. The maximum Gasteiger partial charge on any atom is 0.227 e. The first-order chi connectivity index (χ1) is 9.15. The Bertz CT molecular complexity index is 383. The molecule has 1 aliphatic heterocycles. The molecule has 1 fully saturated rings. The third-order valence-electron chi connectivity index (χ3n) is 3.49. The van der Waals surface area contributed by atoms with Crippen molar-refractivity contribution < 1.29 is 4.79 Å². The molecule has 2 rings (SSSR count). The highest BCUT2D eigenvalue weighted by molar-refractivity contribution is 7.10. The Morgan fingerprint density at radius 1 is 1.32 bits per heavy atom. The lowest BCUT2D eigenvalue weighted by molar-refractivity contribution is -0.132. The molecule has 1 aromatic heterocycles. The summed E-state index contributed by atoms with van der Waals surface area (Å²) in [5, 5.41) is 2.03. The summed E-state index contributed by atoms with van der Waals surface area (Å²) in [5.74, 6) is 0.273. The summed E-state index contributed by atoms with van der Waals surface area (Å²) in [7, 11) is 4.20. The number of thiophene rings is 1. The van der Waals surface area contributed by atoms with Gasteiger partial charge in [0.25, 0.3) is 0 Å². The first-order valence-electron chi connectivity index (χ1n) is 6.82. The number of nitrogens with zero attached hydrogens (tertiary/aromatic N) is 3. The fourth-order valence-electron chi connectivity index (χ4n) is 2.24. The molecule has 0 spiro atoms. The van der Waals surface area contributed by atoms with E-state index in [-0.39, 0.29) is 5.91 Å². The smallest absolute Gasteiger partial charge is 0.227 e. The number of hydrogen-bond acceptors (Lipinski definition) is 4. The first kappa shape index (κ1) is 14.5. The van der Waals surface area contributed by atoms with Crippen LogP contribution >= 0.6 is 11.3 Å². The van der Waals surface area contributed by atoms with Gasteiger partial charge in [-0.3, -0.25) is 9.69 Å². The molecule has 0 bridgehead atoms. The van der Waals surface area contributed by atoms with Crippen LogP contribution in [0, 0.1) is 0 Å². The van der Waals surface area contributed by atoms with E-state index in [2.05, 4.69) is 23.9 Å². The molecule has 0 unspecified atom stereocenters. The van der Waals surface area contributed by atoms with Crippen LogP contribution in [0.3, 0.4) is 0 Å². The second-order valence-electron chi connectivity index (χ2n) is 5.28. The molecular weight excluding hydrogens is 258 g/mol. The lowest BCUT2D eigenvalue weighted by Crippen LogP contribution is -2.50. The lowest BCUT2D eigenvalue weighted by atomic mass is 10.2. The molecule has 1 saturated heterocycles. The minimum Gasteiger partial charge on any atom is -0.340 e. The van der Waals surface area contributed by atoms with Gasteiger partial charge in [0.05, 0.1) is 6.42 Å². The molecule has 1 aliphatic rings. The van der Waals surface area contributed by atoms with E-state index in [1.54, 1.807) is 11.3 Å². The maximum absolute atomic E-state index is 12.1. The zero-order chi connectivity index (χ0) is 13.7. The van der Waals surface area contributed by atoms with E-state index in [9.17, 15) is 4.79 Å². The highest BCUT2D eigenvalue weighted by Crippen LogP contribution is 2.11. The van der Waals surface area contributed by atoms with Crippen molar-refractivity contribution in [3.8, 4) is 0 Å². The van der Waals surface area contributed by atoms with E-state index in [1.807, 2.05) is 22.4 Å². The number of likely N-dealkylation sites (N-methyl/N-ethyl adjacent to an activating group) is 1. The van der Waals surface area contributed by atoms with Gasteiger partial charge in [-0.2, -0.15) is 0 Å². The fourth-order valence-corrected chi connectivity index (χ4v) is 2.93. The summed E-state index contributed by atoms with van der Waals surface area (Å²) in [4.78, 5) is 20.0. The van der Waals surface area contributed by atoms with Crippen molar-refractivity contribution in [2.45, 2.75) is 6.42 Å². The van der Waals surface area contributed by atoms with Gasteiger partial charge in [0.2, 0.25) is 5.91 Å². The third-order valence-corrected chi connectivity index (χ3v) is 4.37. The predicted molar refractivity (Wildman–Crippen MR) is 79.6 cm³/mol. The van der Waals surface area contributed by atoms with Crippen molar-refractivity contribution in [2.75, 3.05) is 53.4 Å². The molecule has 1 aromatic rings. The molecule has 0 saturated carbocycles. The van der Waals surface area contributed by atoms with Crippen molar-refractivity contribution in [3.05, 3.63) is 22.4 Å². The van der Waals surface area contributed by atoms with Crippen LogP contribution in [0.15, 0.2) is 17.5 Å². The van der Waals surface area contributed by atoms with Gasteiger partial charge in [0, 0.05) is 44.1 Å². The molecule has 0 aliphatic carbocycles. The van der Waals surface area contributed by atoms with Gasteiger partial charge in [-0.15, -0.1) is 11.3 Å². The van der Waals surface area contributed by atoms with Crippen LogP contribution in [-0.4, -0.2) is 74.0 Å². The van der Waals surface area contributed by atoms with Gasteiger partial charge in [0.1, 0.15) is 0 Å². The molecule has 19 heavy (non-hydrogen) atoms. The summed E-state index contributed by atoms with van der Waals surface area (Å²) < 4.78 is 0. The Labute approximate surface area is 119 Å². The van der Waals surface area contributed by atoms with Gasteiger partial charge < -0.3 is 9.80 Å². The third kappa shape index (κ3) is 4.60. The molecule has 0 atom stereocenters. The van der Waals surface area contributed by atoms with Crippen LogP contribution in [-0.2, 0) is 11.2 Å². The van der Waals surface area contributed by atoms with Gasteiger partial charge in [-0.05, 0) is 25.5 Å². The molecule has 1 amide bonds. The number of carbonyl (C=O) groups excluding carboxylic acids is 1. The number of piperazine rings is 1. The Hall–Kier alpha value is -0.910. The summed E-state index contributed by atoms with van der Waals surface area (Å²) in [5.41, 5.74) is 0. The molecule has 4 nitrogen and oxygen atoms in total. The molecule has 106 valence electrons. The second-order valence-corrected chi connectivity index (χ2v) is 6.31. The predicted octanol–water partition coefficient (Wildman–Crippen LogP) is 0.996. The largest absolute Gasteiger partial charge is 0.340 e. The van der Waals surface area contributed by atoms with Crippen molar-refractivity contribution in [2.24, 2.45) is 0 Å². The zero-order valence-electron chi connectivity index (χ0n) is 11.8. The quantitative estimate of drug-likeness (QED) is 0.805. The Balaban J connectivity index is 1.72. The fraction of sp³-hybridized carbons (Fsp3) is 0.643. The van der Waals surface area contributed by atoms with Crippen molar-refractivity contribution >= 4 is 17.2 Å². The lowest BCUT2D eigenvalue weighted by Gasteiger charge is -2.35. The minimum atomic E-state index is 0.273. The Morgan fingerprint density at radius 2 is 2.05 bits per heavy atom. The van der Waals surface area contributed by atoms with Gasteiger partial charge >= 0.3 is 0 Å². The van der Waals surface area contributed by atoms with E-state index in [1.165, 1.54) is 4.88 Å². The zero-order valence-corrected chi connectivity index (χ0v) is 12.7. The number of hydrogen-bond donors (Lipinski definition) is 0. The summed E-state index contributed by atoms with van der Waals surface area (Å²) in [6, 6.07) is 4.04. The Morgan fingerprint density at radius 3 is 2.63 bits per heavy atom. The molecule has 0 radical (unpaired) electrons. The molecule has 5 heteroatoms. The second kappa shape index (κ2) is 7.03. The average Bonchev–Trinajstić information content (AvgIpc) is 2.89. The van der Waals surface area contributed by atoms with E-state index in [0.29, 0.717) is 6.42 Å². The van der Waals surface area contributed by atoms with E-state index in [0.717, 1.165) is 39.3 Å². The van der Waals surface area contributed by atoms with Gasteiger partial charge in [0.15, 0.2) is 0 Å². The molecule has 0 aromatic carbocycles. The highest BCUT2D eigenvalue weighted by atomic mass is 32.1. The Kier molecular flexibility index (Phi) is 5.36. The average molecular weight is 281 g/mol. The highest BCUT2D eigenvalue weighted by Gasteiger charge is 2.21. The first-order valence-corrected chi connectivity index (χ1v) is 7.70. The summed E-state index contributed by atoms with van der Waals surface area (Å²) >= 11 is 1.66. The summed E-state index contributed by atoms with van der Waals surface area (Å²) in [6.45, 7) is 5.94. The van der Waals surface area contributed by atoms with E-state index < -0.39 is 0 Å². The van der Waals surface area contributed by atoms with Gasteiger partial charge in [-0.25, -0.2) is 0 Å². The number of carbonyl (C=O) groups is 1. The van der Waals surface area contributed by atoms with Crippen LogP contribution in [0.25, 0.3) is 0 Å². The van der Waals surface area contributed by atoms with E-state index in [4.69, 9.17) is 0 Å². The normalized spacial score (nSPS) is 17.1. The van der Waals surface area contributed by atoms with E-state index >= 15 is 0 Å². The van der Waals surface area contributed by atoms with Crippen molar-refractivity contribution in [3.63, 3.8) is 0 Å². The van der Waals surface area contributed by atoms with Gasteiger partial charge in [-0.1, -0.05) is 6.07 Å². The standard InChI is InChI=1S/C14H23N3OS/c1-15(2)5-6-16-7-9-17(10-8-16)14(18)12-13-4-3-11-19-13/h3-4,11H,5-10,12H2,1-2H3. The van der Waals surface area contributed by atoms with Crippen LogP contribution < -0.4 is 0 Å².